The van der Waals surface area contributed by atoms with Crippen LogP contribution < -0.4 is 0 Å². The molecule has 0 radical (unpaired) electrons. The lowest BCUT2D eigenvalue weighted by Crippen LogP contribution is -2.46. The standard InChI is InChI=1S/C17H17N3O6/c21-12-2-1-9(14(22)6-12)3-10-4-15(23)20(16(10)24)13(17(25)26)5-11-7-18-8-19-11/h1-2,6-8,10,13,21-22H,3-5H2,(H,18,19)(H,25,26). The lowest BCUT2D eigenvalue weighted by atomic mass is 9.97. The molecule has 3 rings (SSSR count). The van der Waals surface area contributed by atoms with Crippen LogP contribution in [0.1, 0.15) is 17.7 Å². The number of phenolic OH excluding ortho intramolecular Hbond substituents is 2. The van der Waals surface area contributed by atoms with Crippen molar-refractivity contribution >= 4 is 17.8 Å². The molecule has 0 spiro atoms. The van der Waals surface area contributed by atoms with E-state index in [2.05, 4.69) is 9.97 Å². The smallest absolute Gasteiger partial charge is 0.327 e. The second kappa shape index (κ2) is 6.87. The highest BCUT2D eigenvalue weighted by Crippen LogP contribution is 2.31. The summed E-state index contributed by atoms with van der Waals surface area (Å²) in [5, 5.41) is 28.7. The van der Waals surface area contributed by atoms with Crippen molar-refractivity contribution in [2.45, 2.75) is 25.3 Å². The lowest BCUT2D eigenvalue weighted by molar-refractivity contribution is -0.154. The Balaban J connectivity index is 1.79. The number of phenols is 2. The molecule has 2 heterocycles. The largest absolute Gasteiger partial charge is 0.508 e. The molecule has 136 valence electrons. The molecule has 9 heteroatoms. The Morgan fingerprint density at radius 2 is 2.12 bits per heavy atom. The first kappa shape index (κ1) is 17.5. The number of hydrogen-bond donors (Lipinski definition) is 4. The first-order chi connectivity index (χ1) is 12.4. The van der Waals surface area contributed by atoms with Crippen LogP contribution in [0.4, 0.5) is 0 Å². The molecule has 1 aliphatic heterocycles. The van der Waals surface area contributed by atoms with E-state index in [1.807, 2.05) is 0 Å². The summed E-state index contributed by atoms with van der Waals surface area (Å²) in [6.45, 7) is 0. The van der Waals surface area contributed by atoms with E-state index in [9.17, 15) is 29.7 Å². The molecule has 2 aromatic rings. The number of carbonyl (C=O) groups is 3. The molecule has 2 unspecified atom stereocenters. The number of carboxylic acids is 1. The fourth-order valence-electron chi connectivity index (χ4n) is 3.08. The predicted octanol–water partition coefficient (Wildman–Crippen LogP) is 0.434. The number of aromatic nitrogens is 2. The first-order valence-corrected chi connectivity index (χ1v) is 7.94. The van der Waals surface area contributed by atoms with E-state index >= 15 is 0 Å². The van der Waals surface area contributed by atoms with Crippen LogP contribution in [0.3, 0.4) is 0 Å². The Morgan fingerprint density at radius 3 is 2.73 bits per heavy atom. The van der Waals surface area contributed by atoms with Crippen molar-refractivity contribution in [2.75, 3.05) is 0 Å². The normalized spacial score (nSPS) is 18.3. The van der Waals surface area contributed by atoms with E-state index < -0.39 is 29.7 Å². The molecule has 1 saturated heterocycles. The molecule has 1 aliphatic rings. The molecule has 1 aromatic carbocycles. The number of carbonyl (C=O) groups excluding carboxylic acids is 2. The maximum absolute atomic E-state index is 12.7. The highest BCUT2D eigenvalue weighted by molar-refractivity contribution is 6.06. The summed E-state index contributed by atoms with van der Waals surface area (Å²) in [5.41, 5.74) is 0.826. The van der Waals surface area contributed by atoms with E-state index in [-0.39, 0.29) is 30.8 Å². The number of imide groups is 1. The zero-order valence-electron chi connectivity index (χ0n) is 13.6. The number of rotatable bonds is 6. The third kappa shape index (κ3) is 3.37. The van der Waals surface area contributed by atoms with Crippen LogP contribution in [0, 0.1) is 5.92 Å². The Hall–Kier alpha value is -3.36. The van der Waals surface area contributed by atoms with Gasteiger partial charge in [0.05, 0.1) is 17.9 Å². The number of imidazole rings is 1. The molecule has 2 amide bonds. The maximum atomic E-state index is 12.7. The van der Waals surface area contributed by atoms with Crippen LogP contribution in [0.2, 0.25) is 0 Å². The average Bonchev–Trinajstić information content (AvgIpc) is 3.17. The molecule has 0 aliphatic carbocycles. The van der Waals surface area contributed by atoms with Crippen molar-refractivity contribution in [3.8, 4) is 11.5 Å². The third-order valence-electron chi connectivity index (χ3n) is 4.37. The number of hydrogen-bond acceptors (Lipinski definition) is 6. The van der Waals surface area contributed by atoms with Crippen molar-refractivity contribution in [2.24, 2.45) is 5.92 Å². The van der Waals surface area contributed by atoms with Gasteiger partial charge in [-0.25, -0.2) is 9.78 Å². The number of aromatic hydroxyl groups is 2. The Morgan fingerprint density at radius 1 is 1.35 bits per heavy atom. The molecule has 9 nitrogen and oxygen atoms in total. The fourth-order valence-corrected chi connectivity index (χ4v) is 3.08. The summed E-state index contributed by atoms with van der Waals surface area (Å²) in [6.07, 6.45) is 2.74. The van der Waals surface area contributed by atoms with Crippen LogP contribution in [-0.2, 0) is 27.2 Å². The van der Waals surface area contributed by atoms with Gasteiger partial charge in [-0.1, -0.05) is 6.07 Å². The minimum Gasteiger partial charge on any atom is -0.508 e. The number of aromatic amines is 1. The number of H-pyrrole nitrogens is 1. The number of carboxylic acid groups (broad SMARTS) is 1. The second-order valence-corrected chi connectivity index (χ2v) is 6.14. The van der Waals surface area contributed by atoms with Gasteiger partial charge in [0.1, 0.15) is 17.5 Å². The monoisotopic (exact) mass is 359 g/mol. The van der Waals surface area contributed by atoms with Crippen molar-refractivity contribution in [1.29, 1.82) is 0 Å². The Labute approximate surface area is 147 Å². The molecule has 0 bridgehead atoms. The maximum Gasteiger partial charge on any atom is 0.327 e. The minimum absolute atomic E-state index is 0.0714. The quantitative estimate of drug-likeness (QED) is 0.548. The number of amides is 2. The van der Waals surface area contributed by atoms with Gasteiger partial charge < -0.3 is 20.3 Å². The molecule has 1 fully saturated rings. The summed E-state index contributed by atoms with van der Waals surface area (Å²) in [6, 6.07) is 2.64. The topological polar surface area (TPSA) is 144 Å². The Kier molecular flexibility index (Phi) is 4.61. The fraction of sp³-hybridized carbons (Fsp3) is 0.294. The molecule has 4 N–H and O–H groups in total. The average molecular weight is 359 g/mol. The van der Waals surface area contributed by atoms with Crippen molar-refractivity contribution in [3.63, 3.8) is 0 Å². The van der Waals surface area contributed by atoms with Crippen molar-refractivity contribution in [3.05, 3.63) is 42.0 Å². The second-order valence-electron chi connectivity index (χ2n) is 6.14. The van der Waals surface area contributed by atoms with E-state index in [4.69, 9.17) is 0 Å². The first-order valence-electron chi connectivity index (χ1n) is 7.94. The zero-order chi connectivity index (χ0) is 18.8. The number of benzene rings is 1. The lowest BCUT2D eigenvalue weighted by Gasteiger charge is -2.22. The summed E-state index contributed by atoms with van der Waals surface area (Å²) < 4.78 is 0. The highest BCUT2D eigenvalue weighted by atomic mass is 16.4. The van der Waals surface area contributed by atoms with Gasteiger partial charge in [0, 0.05) is 25.1 Å². The van der Waals surface area contributed by atoms with Crippen LogP contribution in [0.15, 0.2) is 30.7 Å². The highest BCUT2D eigenvalue weighted by Gasteiger charge is 2.45. The van der Waals surface area contributed by atoms with E-state index in [0.29, 0.717) is 11.3 Å². The minimum atomic E-state index is -1.34. The number of nitrogens with one attached hydrogen (secondary N) is 1. The van der Waals surface area contributed by atoms with Gasteiger partial charge in [-0.2, -0.15) is 0 Å². The Bertz CT molecular complexity index is 848. The summed E-state index contributed by atoms with van der Waals surface area (Å²) in [5.74, 6) is -3.52. The van der Waals surface area contributed by atoms with Gasteiger partial charge in [-0.15, -0.1) is 0 Å². The van der Waals surface area contributed by atoms with E-state index in [0.717, 1.165) is 11.0 Å². The molecule has 0 saturated carbocycles. The van der Waals surface area contributed by atoms with Crippen LogP contribution in [-0.4, -0.2) is 54.0 Å². The summed E-state index contributed by atoms with van der Waals surface area (Å²) >= 11 is 0. The molecular weight excluding hydrogens is 342 g/mol. The van der Waals surface area contributed by atoms with Gasteiger partial charge in [0.25, 0.3) is 0 Å². The molecule has 2 atom stereocenters. The van der Waals surface area contributed by atoms with Gasteiger partial charge in [0.15, 0.2) is 0 Å². The van der Waals surface area contributed by atoms with Gasteiger partial charge >= 0.3 is 5.97 Å². The van der Waals surface area contributed by atoms with E-state index in [1.54, 1.807) is 0 Å². The van der Waals surface area contributed by atoms with Gasteiger partial charge in [-0.05, 0) is 18.1 Å². The van der Waals surface area contributed by atoms with Crippen LogP contribution in [0.25, 0.3) is 0 Å². The molecular formula is C17H17N3O6. The van der Waals surface area contributed by atoms with E-state index in [1.165, 1.54) is 24.7 Å². The van der Waals surface area contributed by atoms with Crippen LogP contribution in [0.5, 0.6) is 11.5 Å². The number of likely N-dealkylation sites (tertiary alicyclic amines) is 1. The molecule has 1 aromatic heterocycles. The van der Waals surface area contributed by atoms with Gasteiger partial charge in [-0.3, -0.25) is 14.5 Å². The number of nitrogens with zero attached hydrogens (tertiary/aromatic N) is 2. The molecule has 26 heavy (non-hydrogen) atoms. The van der Waals surface area contributed by atoms with Crippen molar-refractivity contribution < 1.29 is 29.7 Å². The van der Waals surface area contributed by atoms with Crippen LogP contribution >= 0.6 is 0 Å². The predicted molar refractivity (Wildman–Crippen MR) is 87.2 cm³/mol. The van der Waals surface area contributed by atoms with Gasteiger partial charge in [0.2, 0.25) is 11.8 Å². The van der Waals surface area contributed by atoms with Crippen molar-refractivity contribution in [1.82, 2.24) is 14.9 Å². The third-order valence-corrected chi connectivity index (χ3v) is 4.37. The summed E-state index contributed by atoms with van der Waals surface area (Å²) in [7, 11) is 0. The SMILES string of the molecule is O=C(O)C(Cc1c[nH]cn1)N1C(=O)CC(Cc2ccc(O)cc2O)C1=O. The zero-order valence-corrected chi connectivity index (χ0v) is 13.6. The summed E-state index contributed by atoms with van der Waals surface area (Å²) in [4.78, 5) is 44.0. The number of aliphatic carboxylic acids is 1.